The zero-order chi connectivity index (χ0) is 14.4. The fourth-order valence-corrected chi connectivity index (χ4v) is 2.20. The molecule has 2 rings (SSSR count). The Morgan fingerprint density at radius 2 is 2.10 bits per heavy atom. The lowest BCUT2D eigenvalue weighted by molar-refractivity contribution is -0.120. The SMILES string of the molecule is O=C1CCN(CC(O)COc2ccc(Cl)cc2)CCN1. The number of halogens is 1. The summed E-state index contributed by atoms with van der Waals surface area (Å²) in [7, 11) is 0. The van der Waals surface area contributed by atoms with E-state index in [9.17, 15) is 9.90 Å². The fraction of sp³-hybridized carbons (Fsp3) is 0.500. The molecule has 20 heavy (non-hydrogen) atoms. The quantitative estimate of drug-likeness (QED) is 0.848. The van der Waals surface area contributed by atoms with Gasteiger partial charge in [-0.25, -0.2) is 0 Å². The third-order valence-electron chi connectivity index (χ3n) is 3.13. The smallest absolute Gasteiger partial charge is 0.221 e. The summed E-state index contributed by atoms with van der Waals surface area (Å²) in [5.41, 5.74) is 0. The van der Waals surface area contributed by atoms with Crippen molar-refractivity contribution in [1.29, 1.82) is 0 Å². The Balaban J connectivity index is 1.73. The van der Waals surface area contributed by atoms with Crippen LogP contribution in [0, 0.1) is 0 Å². The van der Waals surface area contributed by atoms with Crippen molar-refractivity contribution in [3.63, 3.8) is 0 Å². The van der Waals surface area contributed by atoms with Gasteiger partial charge in [-0.15, -0.1) is 0 Å². The van der Waals surface area contributed by atoms with Gasteiger partial charge in [-0.3, -0.25) is 9.69 Å². The second kappa shape index (κ2) is 7.47. The maximum Gasteiger partial charge on any atom is 0.221 e. The largest absolute Gasteiger partial charge is 0.491 e. The molecule has 1 heterocycles. The van der Waals surface area contributed by atoms with Crippen LogP contribution in [0.5, 0.6) is 5.75 Å². The molecule has 1 aliphatic rings. The van der Waals surface area contributed by atoms with Crippen LogP contribution in [0.1, 0.15) is 6.42 Å². The van der Waals surface area contributed by atoms with Crippen LogP contribution in [-0.2, 0) is 4.79 Å². The lowest BCUT2D eigenvalue weighted by Gasteiger charge is -2.22. The minimum atomic E-state index is -0.584. The van der Waals surface area contributed by atoms with Crippen molar-refractivity contribution in [3.05, 3.63) is 29.3 Å². The summed E-state index contributed by atoms with van der Waals surface area (Å²) in [5, 5.41) is 13.4. The first kappa shape index (κ1) is 15.1. The number of aliphatic hydroxyl groups is 1. The highest BCUT2D eigenvalue weighted by Crippen LogP contribution is 2.15. The van der Waals surface area contributed by atoms with E-state index >= 15 is 0 Å². The predicted octanol–water partition coefficient (Wildman–Crippen LogP) is 0.902. The first-order valence-corrected chi connectivity index (χ1v) is 7.07. The number of hydrogen-bond acceptors (Lipinski definition) is 4. The molecule has 6 heteroatoms. The summed E-state index contributed by atoms with van der Waals surface area (Å²) in [4.78, 5) is 13.3. The van der Waals surface area contributed by atoms with Gasteiger partial charge in [0.05, 0.1) is 0 Å². The van der Waals surface area contributed by atoms with Gasteiger partial charge in [0.15, 0.2) is 0 Å². The van der Waals surface area contributed by atoms with E-state index in [1.54, 1.807) is 24.3 Å². The summed E-state index contributed by atoms with van der Waals surface area (Å²) in [6.45, 7) is 2.78. The average molecular weight is 299 g/mol. The molecule has 0 bridgehead atoms. The molecule has 1 aromatic rings. The number of β-amino-alcohol motifs (C(OH)–C–C–N with tert-alkyl or cyclic N) is 1. The van der Waals surface area contributed by atoms with Gasteiger partial charge in [-0.1, -0.05) is 11.6 Å². The van der Waals surface area contributed by atoms with Crippen molar-refractivity contribution < 1.29 is 14.6 Å². The standard InChI is InChI=1S/C14H19ClN2O3/c15-11-1-3-13(4-2-11)20-10-12(18)9-17-7-5-14(19)16-6-8-17/h1-4,12,18H,5-10H2,(H,16,19). The molecule has 1 saturated heterocycles. The number of benzene rings is 1. The van der Waals surface area contributed by atoms with Crippen molar-refractivity contribution >= 4 is 17.5 Å². The summed E-state index contributed by atoms with van der Waals surface area (Å²) < 4.78 is 5.50. The molecule has 1 atom stereocenters. The Kier molecular flexibility index (Phi) is 5.64. The number of hydrogen-bond donors (Lipinski definition) is 2. The Labute approximate surface area is 123 Å². The summed E-state index contributed by atoms with van der Waals surface area (Å²) in [6, 6.07) is 7.03. The minimum Gasteiger partial charge on any atom is -0.491 e. The molecule has 1 amide bonds. The summed E-state index contributed by atoms with van der Waals surface area (Å²) >= 11 is 5.79. The molecule has 1 aliphatic heterocycles. The molecule has 5 nitrogen and oxygen atoms in total. The van der Waals surface area contributed by atoms with E-state index in [1.165, 1.54) is 0 Å². The van der Waals surface area contributed by atoms with Crippen LogP contribution in [0.4, 0.5) is 0 Å². The van der Waals surface area contributed by atoms with Crippen molar-refractivity contribution in [2.24, 2.45) is 0 Å². The van der Waals surface area contributed by atoms with Crippen LogP contribution in [-0.4, -0.2) is 54.8 Å². The van der Waals surface area contributed by atoms with Crippen molar-refractivity contribution in [1.82, 2.24) is 10.2 Å². The van der Waals surface area contributed by atoms with Crippen LogP contribution in [0.15, 0.2) is 24.3 Å². The third-order valence-corrected chi connectivity index (χ3v) is 3.38. The Morgan fingerprint density at radius 1 is 1.35 bits per heavy atom. The van der Waals surface area contributed by atoms with Gasteiger partial charge in [0, 0.05) is 37.6 Å². The number of aliphatic hydroxyl groups excluding tert-OH is 1. The molecule has 0 aliphatic carbocycles. The van der Waals surface area contributed by atoms with Crippen molar-refractivity contribution in [2.75, 3.05) is 32.8 Å². The van der Waals surface area contributed by atoms with E-state index < -0.39 is 6.10 Å². The maximum absolute atomic E-state index is 11.2. The van der Waals surface area contributed by atoms with Crippen LogP contribution < -0.4 is 10.1 Å². The highest BCUT2D eigenvalue weighted by Gasteiger charge is 2.16. The topological polar surface area (TPSA) is 61.8 Å². The Morgan fingerprint density at radius 3 is 2.85 bits per heavy atom. The first-order valence-electron chi connectivity index (χ1n) is 6.69. The zero-order valence-electron chi connectivity index (χ0n) is 11.2. The first-order chi connectivity index (χ1) is 9.63. The number of nitrogens with one attached hydrogen (secondary N) is 1. The molecule has 110 valence electrons. The lowest BCUT2D eigenvalue weighted by Crippen LogP contribution is -2.37. The van der Waals surface area contributed by atoms with Crippen LogP contribution >= 0.6 is 11.6 Å². The monoisotopic (exact) mass is 298 g/mol. The molecule has 1 unspecified atom stereocenters. The van der Waals surface area contributed by atoms with Gasteiger partial charge < -0.3 is 15.2 Å². The van der Waals surface area contributed by atoms with Crippen LogP contribution in [0.3, 0.4) is 0 Å². The van der Waals surface area contributed by atoms with Gasteiger partial charge in [0.2, 0.25) is 5.91 Å². The number of amides is 1. The molecule has 0 spiro atoms. The van der Waals surface area contributed by atoms with Gasteiger partial charge in [-0.05, 0) is 24.3 Å². The number of ether oxygens (including phenoxy) is 1. The molecule has 1 fully saturated rings. The highest BCUT2D eigenvalue weighted by molar-refractivity contribution is 6.30. The number of nitrogens with zero attached hydrogens (tertiary/aromatic N) is 1. The number of carbonyl (C=O) groups is 1. The molecular formula is C14H19ClN2O3. The van der Waals surface area contributed by atoms with Gasteiger partial charge in [-0.2, -0.15) is 0 Å². The lowest BCUT2D eigenvalue weighted by atomic mass is 10.3. The number of rotatable bonds is 5. The van der Waals surface area contributed by atoms with Gasteiger partial charge in [0.25, 0.3) is 0 Å². The maximum atomic E-state index is 11.2. The summed E-state index contributed by atoms with van der Waals surface area (Å²) in [6.07, 6.45) is -0.107. The van der Waals surface area contributed by atoms with Crippen LogP contribution in [0.2, 0.25) is 5.02 Å². The molecule has 2 N–H and O–H groups in total. The second-order valence-corrected chi connectivity index (χ2v) is 5.26. The zero-order valence-corrected chi connectivity index (χ0v) is 12.0. The van der Waals surface area contributed by atoms with Crippen LogP contribution in [0.25, 0.3) is 0 Å². The molecule has 0 saturated carbocycles. The van der Waals surface area contributed by atoms with E-state index in [2.05, 4.69) is 10.2 Å². The average Bonchev–Trinajstić information content (AvgIpc) is 2.63. The van der Waals surface area contributed by atoms with E-state index in [0.717, 1.165) is 6.54 Å². The Hall–Kier alpha value is -1.30. The molecule has 0 aromatic heterocycles. The van der Waals surface area contributed by atoms with E-state index in [1.807, 2.05) is 0 Å². The fourth-order valence-electron chi connectivity index (χ4n) is 2.07. The second-order valence-electron chi connectivity index (χ2n) is 4.82. The van der Waals surface area contributed by atoms with Gasteiger partial charge in [0.1, 0.15) is 18.5 Å². The molecule has 0 radical (unpaired) electrons. The van der Waals surface area contributed by atoms with E-state index in [0.29, 0.717) is 36.8 Å². The van der Waals surface area contributed by atoms with Crippen molar-refractivity contribution in [3.8, 4) is 5.75 Å². The highest BCUT2D eigenvalue weighted by atomic mass is 35.5. The van der Waals surface area contributed by atoms with Gasteiger partial charge >= 0.3 is 0 Å². The predicted molar refractivity (Wildman–Crippen MR) is 77.0 cm³/mol. The molecule has 1 aromatic carbocycles. The Bertz CT molecular complexity index is 439. The number of carbonyl (C=O) groups excluding carboxylic acids is 1. The van der Waals surface area contributed by atoms with E-state index in [4.69, 9.17) is 16.3 Å². The van der Waals surface area contributed by atoms with E-state index in [-0.39, 0.29) is 12.5 Å². The molecular weight excluding hydrogens is 280 g/mol. The third kappa shape index (κ3) is 5.00. The normalized spacial score (nSPS) is 18.2. The minimum absolute atomic E-state index is 0.0689. The summed E-state index contributed by atoms with van der Waals surface area (Å²) in [5.74, 6) is 0.751. The van der Waals surface area contributed by atoms with Crippen molar-refractivity contribution in [2.45, 2.75) is 12.5 Å².